The molecule has 0 aliphatic rings. The molecule has 0 radical (unpaired) electrons. The second-order valence-corrected chi connectivity index (χ2v) is 5.96. The molecular formula is C10H16N2O2S. The van der Waals surface area contributed by atoms with Crippen LogP contribution in [0, 0.1) is 0 Å². The molecule has 1 aromatic heterocycles. The summed E-state index contributed by atoms with van der Waals surface area (Å²) >= 11 is 0. The zero-order valence-electron chi connectivity index (χ0n) is 9.14. The Hall–Kier alpha value is -0.940. The van der Waals surface area contributed by atoms with Crippen molar-refractivity contribution in [1.82, 2.24) is 9.71 Å². The van der Waals surface area contributed by atoms with Crippen LogP contribution >= 0.6 is 0 Å². The smallest absolute Gasteiger partial charge is 0.214 e. The molecular weight excluding hydrogens is 212 g/mol. The van der Waals surface area contributed by atoms with Gasteiger partial charge in [0.25, 0.3) is 0 Å². The van der Waals surface area contributed by atoms with Crippen LogP contribution in [0.3, 0.4) is 0 Å². The number of rotatable bonds is 4. The van der Waals surface area contributed by atoms with Crippen LogP contribution in [0.5, 0.6) is 0 Å². The van der Waals surface area contributed by atoms with E-state index in [0.717, 1.165) is 5.69 Å². The first kappa shape index (κ1) is 12.1. The van der Waals surface area contributed by atoms with Crippen molar-refractivity contribution >= 4 is 10.0 Å². The SMILES string of the molecule is CC(NS(=O)(=O)C(C)C)c1ccccn1. The van der Waals surface area contributed by atoms with Crippen molar-refractivity contribution in [2.24, 2.45) is 0 Å². The maximum Gasteiger partial charge on any atom is 0.214 e. The second kappa shape index (κ2) is 4.72. The molecule has 0 fully saturated rings. The maximum atomic E-state index is 11.6. The first-order valence-corrected chi connectivity index (χ1v) is 6.40. The van der Waals surface area contributed by atoms with Crippen LogP contribution in [0.25, 0.3) is 0 Å². The Bertz CT molecular complexity index is 401. The fourth-order valence-electron chi connectivity index (χ4n) is 1.07. The molecule has 0 spiro atoms. The number of sulfonamides is 1. The molecule has 0 aromatic carbocycles. The molecule has 15 heavy (non-hydrogen) atoms. The monoisotopic (exact) mass is 228 g/mol. The van der Waals surface area contributed by atoms with Crippen LogP contribution in [-0.2, 0) is 10.0 Å². The van der Waals surface area contributed by atoms with Gasteiger partial charge in [0.2, 0.25) is 10.0 Å². The third-order valence-corrected chi connectivity index (χ3v) is 4.02. The lowest BCUT2D eigenvalue weighted by Gasteiger charge is -2.15. The molecule has 0 saturated heterocycles. The van der Waals surface area contributed by atoms with Gasteiger partial charge in [-0.05, 0) is 32.9 Å². The number of nitrogens with one attached hydrogen (secondary N) is 1. The molecule has 1 N–H and O–H groups in total. The Morgan fingerprint density at radius 2 is 1.93 bits per heavy atom. The zero-order chi connectivity index (χ0) is 11.5. The van der Waals surface area contributed by atoms with Crippen LogP contribution < -0.4 is 4.72 Å². The standard InChI is InChI=1S/C10H16N2O2S/c1-8(2)15(13,14)12-9(3)10-6-4-5-7-11-10/h4-9,12H,1-3H3. The van der Waals surface area contributed by atoms with Gasteiger partial charge in [0, 0.05) is 6.20 Å². The van der Waals surface area contributed by atoms with E-state index in [0.29, 0.717) is 0 Å². The summed E-state index contributed by atoms with van der Waals surface area (Å²) in [4.78, 5) is 4.10. The third kappa shape index (κ3) is 3.28. The van der Waals surface area contributed by atoms with E-state index in [1.165, 1.54) is 0 Å². The van der Waals surface area contributed by atoms with Crippen molar-refractivity contribution in [3.63, 3.8) is 0 Å². The van der Waals surface area contributed by atoms with E-state index in [4.69, 9.17) is 0 Å². The lowest BCUT2D eigenvalue weighted by atomic mass is 10.2. The molecule has 1 atom stereocenters. The highest BCUT2D eigenvalue weighted by Crippen LogP contribution is 2.11. The molecule has 84 valence electrons. The Balaban J connectivity index is 2.77. The largest absolute Gasteiger partial charge is 0.260 e. The number of hydrogen-bond donors (Lipinski definition) is 1. The summed E-state index contributed by atoms with van der Waals surface area (Å²) in [6.45, 7) is 5.07. The van der Waals surface area contributed by atoms with E-state index in [1.807, 2.05) is 6.07 Å². The van der Waals surface area contributed by atoms with Gasteiger partial charge in [0.1, 0.15) is 0 Å². The Kier molecular flexibility index (Phi) is 3.82. The van der Waals surface area contributed by atoms with E-state index in [9.17, 15) is 8.42 Å². The predicted octanol–water partition coefficient (Wildman–Crippen LogP) is 1.47. The zero-order valence-corrected chi connectivity index (χ0v) is 9.95. The van der Waals surface area contributed by atoms with E-state index >= 15 is 0 Å². The fraction of sp³-hybridized carbons (Fsp3) is 0.500. The molecule has 0 aliphatic heterocycles. The normalized spacial score (nSPS) is 14.1. The summed E-state index contributed by atoms with van der Waals surface area (Å²) in [5.41, 5.74) is 0.724. The van der Waals surface area contributed by atoms with Gasteiger partial charge in [-0.3, -0.25) is 4.98 Å². The van der Waals surface area contributed by atoms with Gasteiger partial charge in [-0.15, -0.1) is 0 Å². The van der Waals surface area contributed by atoms with Crippen LogP contribution in [-0.4, -0.2) is 18.7 Å². The molecule has 1 unspecified atom stereocenters. The van der Waals surface area contributed by atoms with E-state index in [-0.39, 0.29) is 6.04 Å². The molecule has 0 amide bonds. The summed E-state index contributed by atoms with van der Waals surface area (Å²) in [5.74, 6) is 0. The minimum absolute atomic E-state index is 0.293. The quantitative estimate of drug-likeness (QED) is 0.849. The fourth-order valence-corrected chi connectivity index (χ4v) is 1.96. The van der Waals surface area contributed by atoms with Gasteiger partial charge in [-0.2, -0.15) is 0 Å². The summed E-state index contributed by atoms with van der Waals surface area (Å²) in [5, 5.41) is -0.427. The first-order valence-electron chi connectivity index (χ1n) is 4.85. The van der Waals surface area contributed by atoms with Crippen molar-refractivity contribution in [3.8, 4) is 0 Å². The summed E-state index contributed by atoms with van der Waals surface area (Å²) in [6, 6.07) is 5.14. The number of nitrogens with zero attached hydrogens (tertiary/aromatic N) is 1. The van der Waals surface area contributed by atoms with Crippen molar-refractivity contribution in [3.05, 3.63) is 30.1 Å². The molecule has 0 saturated carbocycles. The minimum Gasteiger partial charge on any atom is -0.260 e. The number of aromatic nitrogens is 1. The van der Waals surface area contributed by atoms with Crippen LogP contribution in [0.2, 0.25) is 0 Å². The van der Waals surface area contributed by atoms with Gasteiger partial charge < -0.3 is 0 Å². The molecule has 1 heterocycles. The van der Waals surface area contributed by atoms with Crippen LogP contribution in [0.15, 0.2) is 24.4 Å². The summed E-state index contributed by atoms with van der Waals surface area (Å²) < 4.78 is 25.7. The summed E-state index contributed by atoms with van der Waals surface area (Å²) in [6.07, 6.45) is 1.65. The molecule has 5 heteroatoms. The summed E-state index contributed by atoms with van der Waals surface area (Å²) in [7, 11) is -3.24. The maximum absolute atomic E-state index is 11.6. The van der Waals surface area contributed by atoms with Crippen molar-refractivity contribution < 1.29 is 8.42 Å². The minimum atomic E-state index is -3.24. The Morgan fingerprint density at radius 1 is 1.27 bits per heavy atom. The van der Waals surface area contributed by atoms with Crippen LogP contribution in [0.1, 0.15) is 32.5 Å². The third-order valence-electron chi connectivity index (χ3n) is 2.09. The Labute approximate surface area is 90.8 Å². The van der Waals surface area contributed by atoms with Crippen molar-refractivity contribution in [2.45, 2.75) is 32.1 Å². The molecule has 1 aromatic rings. The first-order chi connectivity index (χ1) is 6.93. The van der Waals surface area contributed by atoms with Crippen molar-refractivity contribution in [1.29, 1.82) is 0 Å². The second-order valence-electron chi connectivity index (χ2n) is 3.69. The predicted molar refractivity (Wildman–Crippen MR) is 59.8 cm³/mol. The molecule has 0 aliphatic carbocycles. The molecule has 0 bridgehead atoms. The highest BCUT2D eigenvalue weighted by Gasteiger charge is 2.19. The number of hydrogen-bond acceptors (Lipinski definition) is 3. The van der Waals surface area contributed by atoms with Gasteiger partial charge in [-0.1, -0.05) is 6.07 Å². The lowest BCUT2D eigenvalue weighted by molar-refractivity contribution is 0.555. The average molecular weight is 228 g/mol. The molecule has 1 rings (SSSR count). The topological polar surface area (TPSA) is 59.1 Å². The van der Waals surface area contributed by atoms with Crippen LogP contribution in [0.4, 0.5) is 0 Å². The highest BCUT2D eigenvalue weighted by atomic mass is 32.2. The molecule has 4 nitrogen and oxygen atoms in total. The van der Waals surface area contributed by atoms with Gasteiger partial charge in [-0.25, -0.2) is 13.1 Å². The van der Waals surface area contributed by atoms with Crippen molar-refractivity contribution in [2.75, 3.05) is 0 Å². The van der Waals surface area contributed by atoms with Gasteiger partial charge >= 0.3 is 0 Å². The lowest BCUT2D eigenvalue weighted by Crippen LogP contribution is -2.33. The van der Waals surface area contributed by atoms with E-state index < -0.39 is 15.3 Å². The Morgan fingerprint density at radius 3 is 2.40 bits per heavy atom. The van der Waals surface area contributed by atoms with Gasteiger partial charge in [0.15, 0.2) is 0 Å². The van der Waals surface area contributed by atoms with E-state index in [1.54, 1.807) is 39.1 Å². The van der Waals surface area contributed by atoms with Gasteiger partial charge in [0.05, 0.1) is 17.0 Å². The highest BCUT2D eigenvalue weighted by molar-refractivity contribution is 7.90. The number of pyridine rings is 1. The van der Waals surface area contributed by atoms with E-state index in [2.05, 4.69) is 9.71 Å². The average Bonchev–Trinajstić information content (AvgIpc) is 2.18.